The highest BCUT2D eigenvalue weighted by molar-refractivity contribution is 5.75. The summed E-state index contributed by atoms with van der Waals surface area (Å²) in [5.41, 5.74) is 1.18. The second-order valence-electron chi connectivity index (χ2n) is 3.64. The van der Waals surface area contributed by atoms with E-state index in [1.165, 1.54) is 5.56 Å². The molecule has 1 rings (SSSR count). The fourth-order valence-electron chi connectivity index (χ4n) is 1.21. The molecule has 0 aromatic heterocycles. The molecule has 1 aromatic rings. The number of allylic oxidation sites excluding steroid dienone is 1. The first-order chi connectivity index (χ1) is 7.20. The third-order valence-corrected chi connectivity index (χ3v) is 2.13. The van der Waals surface area contributed by atoms with Crippen molar-refractivity contribution in [3.63, 3.8) is 0 Å². The van der Waals surface area contributed by atoms with E-state index in [4.69, 9.17) is 0 Å². The van der Waals surface area contributed by atoms with E-state index >= 15 is 0 Å². The molecule has 0 aliphatic heterocycles. The van der Waals surface area contributed by atoms with Crippen LogP contribution >= 0.6 is 0 Å². The van der Waals surface area contributed by atoms with Crippen LogP contribution in [0.25, 0.3) is 6.08 Å². The summed E-state index contributed by atoms with van der Waals surface area (Å²) in [6.07, 6.45) is 5.46. The molecule has 0 atom stereocenters. The Morgan fingerprint density at radius 3 is 2.53 bits per heavy atom. The van der Waals surface area contributed by atoms with Crippen LogP contribution in [0.5, 0.6) is 0 Å². The summed E-state index contributed by atoms with van der Waals surface area (Å²) in [7, 11) is 3.56. The summed E-state index contributed by atoms with van der Waals surface area (Å²) >= 11 is 0. The monoisotopic (exact) mass is 203 g/mol. The summed E-state index contributed by atoms with van der Waals surface area (Å²) < 4.78 is 0. The number of hydrogen-bond acceptors (Lipinski definition) is 1. The highest BCUT2D eigenvalue weighted by Crippen LogP contribution is 2.03. The number of benzene rings is 1. The molecule has 0 saturated heterocycles. The first kappa shape index (κ1) is 11.5. The maximum absolute atomic E-state index is 11.2. The highest BCUT2D eigenvalue weighted by Gasteiger charge is 2.00. The van der Waals surface area contributed by atoms with Gasteiger partial charge in [0.1, 0.15) is 0 Å². The van der Waals surface area contributed by atoms with E-state index in [1.54, 1.807) is 19.0 Å². The van der Waals surface area contributed by atoms with Crippen LogP contribution in [0.4, 0.5) is 0 Å². The zero-order valence-electron chi connectivity index (χ0n) is 9.31. The van der Waals surface area contributed by atoms with Crippen molar-refractivity contribution < 1.29 is 4.79 Å². The molecule has 1 aromatic carbocycles. The molecule has 0 aliphatic rings. The Morgan fingerprint density at radius 2 is 1.93 bits per heavy atom. The summed E-state index contributed by atoms with van der Waals surface area (Å²) in [4.78, 5) is 12.9. The molecule has 0 heterocycles. The molecule has 0 fully saturated rings. The lowest BCUT2D eigenvalue weighted by atomic mass is 10.2. The second-order valence-corrected chi connectivity index (χ2v) is 3.64. The van der Waals surface area contributed by atoms with Gasteiger partial charge in [-0.15, -0.1) is 0 Å². The van der Waals surface area contributed by atoms with Crippen LogP contribution < -0.4 is 0 Å². The van der Waals surface area contributed by atoms with E-state index in [-0.39, 0.29) is 5.91 Å². The van der Waals surface area contributed by atoms with Gasteiger partial charge in [-0.2, -0.15) is 0 Å². The SMILES string of the molecule is CN(C)C(=O)CC/C=C/c1ccccc1. The Kier molecular flexibility index (Phi) is 4.61. The average Bonchev–Trinajstić information content (AvgIpc) is 2.25. The van der Waals surface area contributed by atoms with E-state index in [0.717, 1.165) is 6.42 Å². The maximum atomic E-state index is 11.2. The van der Waals surface area contributed by atoms with Crippen LogP contribution in [-0.2, 0) is 4.79 Å². The van der Waals surface area contributed by atoms with E-state index in [0.29, 0.717) is 6.42 Å². The standard InChI is InChI=1S/C13H17NO/c1-14(2)13(15)11-7-6-10-12-8-4-3-5-9-12/h3-6,8-10H,7,11H2,1-2H3/b10-6+. The van der Waals surface area contributed by atoms with Crippen molar-refractivity contribution in [2.24, 2.45) is 0 Å². The summed E-state index contributed by atoms with van der Waals surface area (Å²) in [6.45, 7) is 0. The van der Waals surface area contributed by atoms with Gasteiger partial charge in [0.2, 0.25) is 5.91 Å². The van der Waals surface area contributed by atoms with Crippen molar-refractivity contribution in [3.05, 3.63) is 42.0 Å². The molecule has 0 bridgehead atoms. The van der Waals surface area contributed by atoms with Gasteiger partial charge in [-0.3, -0.25) is 4.79 Å². The van der Waals surface area contributed by atoms with Crippen LogP contribution in [0, 0.1) is 0 Å². The Bertz CT molecular complexity index is 328. The fraction of sp³-hybridized carbons (Fsp3) is 0.308. The van der Waals surface area contributed by atoms with Gasteiger partial charge in [0.05, 0.1) is 0 Å². The second kappa shape index (κ2) is 6.02. The van der Waals surface area contributed by atoms with E-state index in [9.17, 15) is 4.79 Å². The molecule has 15 heavy (non-hydrogen) atoms. The Morgan fingerprint density at radius 1 is 1.27 bits per heavy atom. The molecule has 0 unspecified atom stereocenters. The molecule has 0 radical (unpaired) electrons. The molecule has 0 saturated carbocycles. The van der Waals surface area contributed by atoms with Crippen molar-refractivity contribution in [3.8, 4) is 0 Å². The zero-order valence-corrected chi connectivity index (χ0v) is 9.31. The van der Waals surface area contributed by atoms with Gasteiger partial charge in [0.15, 0.2) is 0 Å². The first-order valence-electron chi connectivity index (χ1n) is 5.12. The summed E-state index contributed by atoms with van der Waals surface area (Å²) in [6, 6.07) is 10.1. The maximum Gasteiger partial charge on any atom is 0.222 e. The minimum atomic E-state index is 0.174. The predicted octanol–water partition coefficient (Wildman–Crippen LogP) is 2.57. The molecule has 0 spiro atoms. The lowest BCUT2D eigenvalue weighted by molar-refractivity contribution is -0.128. The van der Waals surface area contributed by atoms with Crippen molar-refractivity contribution in [1.82, 2.24) is 4.90 Å². The fourth-order valence-corrected chi connectivity index (χ4v) is 1.21. The number of amides is 1. The van der Waals surface area contributed by atoms with E-state index < -0.39 is 0 Å². The summed E-state index contributed by atoms with van der Waals surface area (Å²) in [5, 5.41) is 0. The lowest BCUT2D eigenvalue weighted by Gasteiger charge is -2.07. The van der Waals surface area contributed by atoms with Crippen LogP contribution in [0.15, 0.2) is 36.4 Å². The zero-order chi connectivity index (χ0) is 11.1. The number of hydrogen-bond donors (Lipinski definition) is 0. The first-order valence-corrected chi connectivity index (χ1v) is 5.12. The lowest BCUT2D eigenvalue weighted by Crippen LogP contribution is -2.20. The predicted molar refractivity (Wildman–Crippen MR) is 63.4 cm³/mol. The quantitative estimate of drug-likeness (QED) is 0.736. The third kappa shape index (κ3) is 4.45. The Balaban J connectivity index is 2.32. The Hall–Kier alpha value is -1.57. The molecule has 0 aliphatic carbocycles. The van der Waals surface area contributed by atoms with E-state index in [1.807, 2.05) is 42.5 Å². The Labute approximate surface area is 91.2 Å². The van der Waals surface area contributed by atoms with Gasteiger partial charge in [0.25, 0.3) is 0 Å². The van der Waals surface area contributed by atoms with Crippen molar-refractivity contribution in [2.75, 3.05) is 14.1 Å². The number of carbonyl (C=O) groups is 1. The van der Waals surface area contributed by atoms with Crippen LogP contribution in [0.3, 0.4) is 0 Å². The molecular weight excluding hydrogens is 186 g/mol. The normalized spacial score (nSPS) is 10.5. The average molecular weight is 203 g/mol. The molecular formula is C13H17NO. The van der Waals surface area contributed by atoms with Crippen LogP contribution in [0.1, 0.15) is 18.4 Å². The molecule has 80 valence electrons. The number of rotatable bonds is 4. The smallest absolute Gasteiger partial charge is 0.222 e. The summed E-state index contributed by atoms with van der Waals surface area (Å²) in [5.74, 6) is 0.174. The van der Waals surface area contributed by atoms with Gasteiger partial charge in [0, 0.05) is 20.5 Å². The minimum absolute atomic E-state index is 0.174. The van der Waals surface area contributed by atoms with Gasteiger partial charge in [-0.25, -0.2) is 0 Å². The van der Waals surface area contributed by atoms with Crippen molar-refractivity contribution in [1.29, 1.82) is 0 Å². The number of nitrogens with zero attached hydrogens (tertiary/aromatic N) is 1. The molecule has 2 heteroatoms. The minimum Gasteiger partial charge on any atom is -0.349 e. The van der Waals surface area contributed by atoms with Crippen molar-refractivity contribution in [2.45, 2.75) is 12.8 Å². The van der Waals surface area contributed by atoms with Gasteiger partial charge in [-0.1, -0.05) is 42.5 Å². The number of carbonyl (C=O) groups excluding carboxylic acids is 1. The van der Waals surface area contributed by atoms with Crippen molar-refractivity contribution >= 4 is 12.0 Å². The molecule has 0 N–H and O–H groups in total. The van der Waals surface area contributed by atoms with Gasteiger partial charge >= 0.3 is 0 Å². The highest BCUT2D eigenvalue weighted by atomic mass is 16.2. The van der Waals surface area contributed by atoms with Gasteiger partial charge in [-0.05, 0) is 12.0 Å². The molecule has 1 amide bonds. The third-order valence-electron chi connectivity index (χ3n) is 2.13. The largest absolute Gasteiger partial charge is 0.349 e. The van der Waals surface area contributed by atoms with Gasteiger partial charge < -0.3 is 4.90 Å². The van der Waals surface area contributed by atoms with Crippen LogP contribution in [-0.4, -0.2) is 24.9 Å². The topological polar surface area (TPSA) is 20.3 Å². The molecule has 2 nitrogen and oxygen atoms in total. The van der Waals surface area contributed by atoms with Crippen LogP contribution in [0.2, 0.25) is 0 Å². The van der Waals surface area contributed by atoms with E-state index in [2.05, 4.69) is 0 Å².